The number of fused-ring (bicyclic) bond motifs is 4. The molecule has 0 radical (unpaired) electrons. The van der Waals surface area contributed by atoms with Crippen molar-refractivity contribution in [1.29, 1.82) is 0 Å². The molecule has 2 aromatic rings. The number of amidine groups is 1. The zero-order chi connectivity index (χ0) is 21.2. The van der Waals surface area contributed by atoms with Crippen molar-refractivity contribution >= 4 is 35.7 Å². The van der Waals surface area contributed by atoms with Gasteiger partial charge in [-0.15, -0.1) is 0 Å². The van der Waals surface area contributed by atoms with Crippen LogP contribution < -0.4 is 0 Å². The molecule has 0 N–H and O–H groups in total. The molecule has 0 aliphatic carbocycles. The van der Waals surface area contributed by atoms with E-state index in [0.717, 1.165) is 27.5 Å². The number of likely N-dealkylation sites (N-methyl/N-ethyl adjacent to an activating group) is 2. The third kappa shape index (κ3) is 2.61. The number of urea groups is 1. The number of rotatable bonds is 2. The fraction of sp³-hybridized carbons (Fsp3) is 0.421. The monoisotopic (exact) mass is 409 g/mol. The summed E-state index contributed by atoms with van der Waals surface area (Å²) < 4.78 is 3.44. The number of amides is 4. The average molecular weight is 409 g/mol. The molecule has 4 amide bonds. The van der Waals surface area contributed by atoms with Crippen LogP contribution in [-0.4, -0.2) is 97.1 Å². The van der Waals surface area contributed by atoms with Crippen molar-refractivity contribution in [1.82, 2.24) is 29.3 Å². The van der Waals surface area contributed by atoms with Crippen LogP contribution in [0.1, 0.15) is 17.0 Å². The molecule has 0 aromatic carbocycles. The molecule has 11 nitrogen and oxygen atoms in total. The van der Waals surface area contributed by atoms with Crippen molar-refractivity contribution in [2.75, 3.05) is 27.2 Å². The molecule has 2 aromatic heterocycles. The number of nitrogens with zero attached hydrogens (tertiary/aromatic N) is 8. The van der Waals surface area contributed by atoms with E-state index < -0.39 is 12.1 Å². The van der Waals surface area contributed by atoms with Crippen molar-refractivity contribution in [2.24, 2.45) is 4.99 Å². The van der Waals surface area contributed by atoms with Gasteiger partial charge >= 0.3 is 6.03 Å². The van der Waals surface area contributed by atoms with Gasteiger partial charge in [0.05, 0.1) is 11.4 Å². The summed E-state index contributed by atoms with van der Waals surface area (Å²) in [4.78, 5) is 50.5. The molecule has 5 rings (SSSR count). The van der Waals surface area contributed by atoms with Crippen molar-refractivity contribution in [3.05, 3.63) is 29.2 Å². The zero-order valence-corrected chi connectivity index (χ0v) is 16.9. The number of aliphatic imine (C=N–C) groups is 1. The van der Waals surface area contributed by atoms with Gasteiger partial charge in [-0.25, -0.2) is 18.9 Å². The highest BCUT2D eigenvalue weighted by Crippen LogP contribution is 2.21. The summed E-state index contributed by atoms with van der Waals surface area (Å²) in [5.74, 6) is -0.149. The predicted octanol–water partition coefficient (Wildman–Crippen LogP) is -0.732. The first-order chi connectivity index (χ1) is 14.3. The molecule has 154 valence electrons. The highest BCUT2D eigenvalue weighted by atomic mass is 16.2. The molecule has 5 heterocycles. The Balaban J connectivity index is 1.33. The SMILES string of the molecule is Cc1cc2ncc3c(n2n1)CCN(C(=O)C[N+]1=CN=C2C1C(=O)N(C)C(=O)N2C)C3. The van der Waals surface area contributed by atoms with Crippen molar-refractivity contribution in [2.45, 2.75) is 25.9 Å². The Labute approximate surface area is 171 Å². The van der Waals surface area contributed by atoms with E-state index in [1.165, 1.54) is 18.3 Å². The van der Waals surface area contributed by atoms with Crippen LogP contribution in [0.15, 0.2) is 17.3 Å². The highest BCUT2D eigenvalue weighted by Gasteiger charge is 2.51. The van der Waals surface area contributed by atoms with Crippen LogP contribution in [0.3, 0.4) is 0 Å². The van der Waals surface area contributed by atoms with E-state index in [1.54, 1.807) is 22.7 Å². The third-order valence-electron chi connectivity index (χ3n) is 5.84. The van der Waals surface area contributed by atoms with Crippen LogP contribution in [0.4, 0.5) is 4.79 Å². The lowest BCUT2D eigenvalue weighted by molar-refractivity contribution is -0.520. The van der Waals surface area contributed by atoms with E-state index in [0.29, 0.717) is 25.3 Å². The number of carbonyl (C=O) groups excluding carboxylic acids is 3. The van der Waals surface area contributed by atoms with E-state index >= 15 is 0 Å². The summed E-state index contributed by atoms with van der Waals surface area (Å²) in [7, 11) is 3.01. The van der Waals surface area contributed by atoms with Gasteiger partial charge in [0.2, 0.25) is 0 Å². The third-order valence-corrected chi connectivity index (χ3v) is 5.84. The lowest BCUT2D eigenvalue weighted by atomic mass is 10.1. The summed E-state index contributed by atoms with van der Waals surface area (Å²) in [6.07, 6.45) is 3.94. The van der Waals surface area contributed by atoms with Gasteiger partial charge in [-0.05, 0) is 11.9 Å². The molecule has 1 atom stereocenters. The molecule has 1 fully saturated rings. The first-order valence-corrected chi connectivity index (χ1v) is 9.68. The van der Waals surface area contributed by atoms with Gasteiger partial charge in [0, 0.05) is 51.4 Å². The van der Waals surface area contributed by atoms with Gasteiger partial charge in [0.25, 0.3) is 30.0 Å². The van der Waals surface area contributed by atoms with Crippen LogP contribution in [0.5, 0.6) is 0 Å². The maximum atomic E-state index is 13.0. The number of aromatic nitrogens is 3. The van der Waals surface area contributed by atoms with Crippen LogP contribution in [-0.2, 0) is 22.6 Å². The molecule has 0 bridgehead atoms. The first-order valence-electron chi connectivity index (χ1n) is 9.68. The summed E-state index contributed by atoms with van der Waals surface area (Å²) in [5, 5.41) is 4.50. The van der Waals surface area contributed by atoms with Crippen molar-refractivity contribution in [3.63, 3.8) is 0 Å². The van der Waals surface area contributed by atoms with Gasteiger partial charge in [-0.1, -0.05) is 0 Å². The molecule has 30 heavy (non-hydrogen) atoms. The Kier molecular flexibility index (Phi) is 3.95. The number of hydrogen-bond acceptors (Lipinski definition) is 6. The minimum Gasteiger partial charge on any atom is -0.334 e. The maximum absolute atomic E-state index is 13.0. The summed E-state index contributed by atoms with van der Waals surface area (Å²) in [5.41, 5.74) is 3.74. The quantitative estimate of drug-likeness (QED) is 0.608. The zero-order valence-electron chi connectivity index (χ0n) is 16.9. The first kappa shape index (κ1) is 18.4. The second-order valence-corrected chi connectivity index (χ2v) is 7.77. The normalized spacial score (nSPS) is 21.0. The smallest absolute Gasteiger partial charge is 0.333 e. The Morgan fingerprint density at radius 1 is 1.27 bits per heavy atom. The minimum absolute atomic E-state index is 0.00512. The molecule has 0 saturated carbocycles. The Hall–Kier alpha value is -3.63. The van der Waals surface area contributed by atoms with Crippen LogP contribution in [0.2, 0.25) is 0 Å². The van der Waals surface area contributed by atoms with Crippen LogP contribution in [0, 0.1) is 6.92 Å². The van der Waals surface area contributed by atoms with E-state index in [4.69, 9.17) is 0 Å². The Bertz CT molecular complexity index is 1180. The Morgan fingerprint density at radius 3 is 2.87 bits per heavy atom. The molecule has 3 aliphatic rings. The summed E-state index contributed by atoms with van der Waals surface area (Å²) in [6, 6.07) is 0.738. The van der Waals surface area contributed by atoms with Gasteiger partial charge in [-0.2, -0.15) is 5.10 Å². The maximum Gasteiger partial charge on any atom is 0.333 e. The fourth-order valence-electron chi connectivity index (χ4n) is 4.20. The molecular formula is C19H21N8O3+. The molecule has 1 saturated heterocycles. The van der Waals surface area contributed by atoms with E-state index in [9.17, 15) is 14.4 Å². The summed E-state index contributed by atoms with van der Waals surface area (Å²) in [6.45, 7) is 2.93. The number of imide groups is 1. The van der Waals surface area contributed by atoms with Gasteiger partial charge < -0.3 is 4.90 Å². The highest BCUT2D eigenvalue weighted by molar-refractivity contribution is 6.21. The molecule has 3 aliphatic heterocycles. The second-order valence-electron chi connectivity index (χ2n) is 7.77. The minimum atomic E-state index is -0.757. The largest absolute Gasteiger partial charge is 0.334 e. The number of hydrogen-bond donors (Lipinski definition) is 0. The topological polar surface area (TPSA) is 106 Å². The van der Waals surface area contributed by atoms with E-state index in [2.05, 4.69) is 15.1 Å². The Morgan fingerprint density at radius 2 is 2.07 bits per heavy atom. The van der Waals surface area contributed by atoms with Crippen LogP contribution >= 0.6 is 0 Å². The van der Waals surface area contributed by atoms with Gasteiger partial charge in [0.1, 0.15) is 0 Å². The van der Waals surface area contributed by atoms with Crippen LogP contribution in [0.25, 0.3) is 5.65 Å². The van der Waals surface area contributed by atoms with E-state index in [1.807, 2.05) is 17.5 Å². The second kappa shape index (κ2) is 6.44. The number of aryl methyl sites for hydroxylation is 1. The van der Waals surface area contributed by atoms with E-state index in [-0.39, 0.29) is 18.4 Å². The predicted molar refractivity (Wildman–Crippen MR) is 105 cm³/mol. The van der Waals surface area contributed by atoms with Gasteiger partial charge in [0.15, 0.2) is 12.2 Å². The molecule has 11 heteroatoms. The molecule has 1 unspecified atom stereocenters. The van der Waals surface area contributed by atoms with Crippen molar-refractivity contribution < 1.29 is 19.0 Å². The lowest BCUT2D eigenvalue weighted by Crippen LogP contribution is -2.62. The number of carbonyl (C=O) groups is 3. The molecular weight excluding hydrogens is 388 g/mol. The van der Waals surface area contributed by atoms with Crippen molar-refractivity contribution in [3.8, 4) is 0 Å². The van der Waals surface area contributed by atoms with Gasteiger partial charge in [-0.3, -0.25) is 19.4 Å². The summed E-state index contributed by atoms with van der Waals surface area (Å²) >= 11 is 0. The fourth-order valence-corrected chi connectivity index (χ4v) is 4.20. The lowest BCUT2D eigenvalue weighted by Gasteiger charge is -2.32. The average Bonchev–Trinajstić information content (AvgIpc) is 3.33. The standard InChI is InChI=1S/C19H21N8O3/c1-11-6-14-20-7-12-8-25(5-4-13(12)27(14)22-11)15(28)9-26-10-21-17-16(26)18(29)24(3)19(30)23(17)2/h6-7,10,16H,4-5,8-9H2,1-3H3/q+1. The molecule has 0 spiro atoms.